The van der Waals surface area contributed by atoms with E-state index < -0.39 is 17.9 Å². The fraction of sp³-hybridized carbons (Fsp3) is 0.318. The zero-order valence-electron chi connectivity index (χ0n) is 16.8. The van der Waals surface area contributed by atoms with Gasteiger partial charge in [-0.25, -0.2) is 4.98 Å². The van der Waals surface area contributed by atoms with Crippen molar-refractivity contribution < 1.29 is 23.6 Å². The molecule has 5 rings (SSSR count). The number of carbonyl (C=O) groups excluding carboxylic acids is 3. The van der Waals surface area contributed by atoms with Gasteiger partial charge in [0.1, 0.15) is 6.54 Å². The summed E-state index contributed by atoms with van der Waals surface area (Å²) in [5.41, 5.74) is 1.22. The SMILES string of the molecule is COC(=O)[C@H]1C[C@H]2CN(C(=O)c3onc4ncccc34)CC(=O)N2[C@H]1c1ccccc1. The standard InChI is InChI=1S/C22H20N4O5/c1-30-22(29)16-10-14-11-25(21(28)19-15-8-5-9-23-20(15)24-31-19)12-17(27)26(14)18(16)13-6-3-2-4-7-13/h2-9,14,16,18H,10-12H2,1H3/t14-,16-,18-/m0/s1. The minimum atomic E-state index is -0.494. The first-order chi connectivity index (χ1) is 15.1. The Morgan fingerprint density at radius 2 is 1.97 bits per heavy atom. The van der Waals surface area contributed by atoms with Crippen molar-refractivity contribution in [2.75, 3.05) is 20.2 Å². The smallest absolute Gasteiger partial charge is 0.311 e. The maximum absolute atomic E-state index is 13.2. The Bertz CT molecular complexity index is 1160. The third-order valence-electron chi connectivity index (χ3n) is 6.03. The van der Waals surface area contributed by atoms with Crippen molar-refractivity contribution >= 4 is 28.8 Å². The van der Waals surface area contributed by atoms with Crippen LogP contribution < -0.4 is 0 Å². The molecule has 2 saturated heterocycles. The lowest BCUT2D eigenvalue weighted by atomic mass is 9.93. The minimum absolute atomic E-state index is 0.0616. The predicted molar refractivity (Wildman–Crippen MR) is 108 cm³/mol. The molecule has 0 bridgehead atoms. The number of esters is 1. The van der Waals surface area contributed by atoms with E-state index in [-0.39, 0.29) is 30.2 Å². The summed E-state index contributed by atoms with van der Waals surface area (Å²) in [5.74, 6) is -1.42. The summed E-state index contributed by atoms with van der Waals surface area (Å²) in [6.45, 7) is 0.193. The number of fused-ring (bicyclic) bond motifs is 2. The molecule has 2 aromatic heterocycles. The molecule has 2 aliphatic rings. The van der Waals surface area contributed by atoms with Crippen molar-refractivity contribution in [3.63, 3.8) is 0 Å². The fourth-order valence-corrected chi connectivity index (χ4v) is 4.70. The molecule has 3 aromatic rings. The number of rotatable bonds is 3. The molecule has 0 N–H and O–H groups in total. The monoisotopic (exact) mass is 420 g/mol. The van der Waals surface area contributed by atoms with Crippen LogP contribution in [0.5, 0.6) is 0 Å². The quantitative estimate of drug-likeness (QED) is 0.595. The Labute approximate surface area is 177 Å². The molecular formula is C22H20N4O5. The zero-order chi connectivity index (χ0) is 21.5. The van der Waals surface area contributed by atoms with Gasteiger partial charge in [-0.1, -0.05) is 35.5 Å². The molecule has 0 saturated carbocycles. The Balaban J connectivity index is 1.45. The lowest BCUT2D eigenvalue weighted by Crippen LogP contribution is -2.55. The van der Waals surface area contributed by atoms with Crippen LogP contribution in [0.15, 0.2) is 53.2 Å². The highest BCUT2D eigenvalue weighted by Gasteiger charge is 2.51. The number of pyridine rings is 1. The highest BCUT2D eigenvalue weighted by Crippen LogP contribution is 2.43. The molecule has 2 fully saturated rings. The second-order valence-corrected chi connectivity index (χ2v) is 7.75. The van der Waals surface area contributed by atoms with Crippen molar-refractivity contribution in [1.29, 1.82) is 0 Å². The first-order valence-electron chi connectivity index (χ1n) is 10.0. The lowest BCUT2D eigenvalue weighted by molar-refractivity contribution is -0.147. The number of nitrogens with zero attached hydrogens (tertiary/aromatic N) is 4. The zero-order valence-corrected chi connectivity index (χ0v) is 16.8. The van der Waals surface area contributed by atoms with Crippen LogP contribution in [-0.2, 0) is 14.3 Å². The maximum Gasteiger partial charge on any atom is 0.311 e. The summed E-state index contributed by atoms with van der Waals surface area (Å²) in [6, 6.07) is 12.1. The number of benzene rings is 1. The first kappa shape index (κ1) is 19.2. The lowest BCUT2D eigenvalue weighted by Gasteiger charge is -2.39. The van der Waals surface area contributed by atoms with Gasteiger partial charge in [-0.15, -0.1) is 0 Å². The molecule has 1 aromatic carbocycles. The molecule has 158 valence electrons. The van der Waals surface area contributed by atoms with Crippen LogP contribution in [0.2, 0.25) is 0 Å². The van der Waals surface area contributed by atoms with Gasteiger partial charge >= 0.3 is 5.97 Å². The third kappa shape index (κ3) is 3.13. The number of aromatic nitrogens is 2. The van der Waals surface area contributed by atoms with Gasteiger partial charge < -0.3 is 19.1 Å². The second-order valence-electron chi connectivity index (χ2n) is 7.75. The molecule has 0 unspecified atom stereocenters. The normalized spacial score (nSPS) is 23.1. The van der Waals surface area contributed by atoms with E-state index in [0.29, 0.717) is 24.0 Å². The number of carbonyl (C=O) groups is 3. The van der Waals surface area contributed by atoms with Crippen LogP contribution in [0.1, 0.15) is 28.6 Å². The van der Waals surface area contributed by atoms with E-state index in [0.717, 1.165) is 5.56 Å². The van der Waals surface area contributed by atoms with Gasteiger partial charge in [0, 0.05) is 12.7 Å². The van der Waals surface area contributed by atoms with E-state index >= 15 is 0 Å². The maximum atomic E-state index is 13.2. The molecule has 2 amide bonds. The number of piperazine rings is 1. The molecule has 31 heavy (non-hydrogen) atoms. The van der Waals surface area contributed by atoms with Crippen molar-refractivity contribution in [3.8, 4) is 0 Å². The number of hydrogen-bond acceptors (Lipinski definition) is 7. The fourth-order valence-electron chi connectivity index (χ4n) is 4.70. The number of ether oxygens (including phenoxy) is 1. The van der Waals surface area contributed by atoms with E-state index in [9.17, 15) is 14.4 Å². The molecule has 3 atom stereocenters. The molecule has 2 aliphatic heterocycles. The highest BCUT2D eigenvalue weighted by molar-refractivity contribution is 6.04. The third-order valence-corrected chi connectivity index (χ3v) is 6.03. The largest absolute Gasteiger partial charge is 0.469 e. The average molecular weight is 420 g/mol. The van der Waals surface area contributed by atoms with Crippen molar-refractivity contribution in [1.82, 2.24) is 19.9 Å². The first-order valence-corrected chi connectivity index (χ1v) is 10.0. The van der Waals surface area contributed by atoms with E-state index in [1.165, 1.54) is 12.0 Å². The average Bonchev–Trinajstić information content (AvgIpc) is 3.41. The summed E-state index contributed by atoms with van der Waals surface area (Å²) in [5, 5.41) is 4.33. The Morgan fingerprint density at radius 1 is 1.16 bits per heavy atom. The van der Waals surface area contributed by atoms with E-state index in [2.05, 4.69) is 10.1 Å². The molecule has 9 nitrogen and oxygen atoms in total. The van der Waals surface area contributed by atoms with E-state index in [1.807, 2.05) is 30.3 Å². The van der Waals surface area contributed by atoms with Gasteiger partial charge in [0.25, 0.3) is 5.91 Å². The summed E-state index contributed by atoms with van der Waals surface area (Å²) in [4.78, 5) is 46.1. The second kappa shape index (κ2) is 7.50. The summed E-state index contributed by atoms with van der Waals surface area (Å²) in [7, 11) is 1.35. The molecule has 4 heterocycles. The van der Waals surface area contributed by atoms with Gasteiger partial charge in [0.2, 0.25) is 17.3 Å². The number of amides is 2. The Morgan fingerprint density at radius 3 is 2.74 bits per heavy atom. The minimum Gasteiger partial charge on any atom is -0.469 e. The van der Waals surface area contributed by atoms with Gasteiger partial charge in [-0.3, -0.25) is 14.4 Å². The summed E-state index contributed by atoms with van der Waals surface area (Å²) in [6.07, 6.45) is 1.98. The number of methoxy groups -OCH3 is 1. The van der Waals surface area contributed by atoms with Gasteiger partial charge in [-0.2, -0.15) is 0 Å². The highest BCUT2D eigenvalue weighted by atomic mass is 16.5. The predicted octanol–water partition coefficient (Wildman–Crippen LogP) is 1.81. The van der Waals surface area contributed by atoms with Crippen molar-refractivity contribution in [2.24, 2.45) is 5.92 Å². The van der Waals surface area contributed by atoms with Crippen LogP contribution in [0.3, 0.4) is 0 Å². The molecule has 9 heteroatoms. The molecule has 0 radical (unpaired) electrons. The van der Waals surface area contributed by atoms with E-state index in [1.54, 1.807) is 23.2 Å². The van der Waals surface area contributed by atoms with E-state index in [4.69, 9.17) is 9.26 Å². The van der Waals surface area contributed by atoms with Crippen molar-refractivity contribution in [2.45, 2.75) is 18.5 Å². The molecular weight excluding hydrogens is 400 g/mol. The Kier molecular flexibility index (Phi) is 4.65. The summed E-state index contributed by atoms with van der Waals surface area (Å²) >= 11 is 0. The van der Waals surface area contributed by atoms with Gasteiger partial charge in [0.05, 0.1) is 30.5 Å². The Hall–Kier alpha value is -3.75. The van der Waals surface area contributed by atoms with Crippen LogP contribution in [0.25, 0.3) is 11.0 Å². The van der Waals surface area contributed by atoms with Crippen molar-refractivity contribution in [3.05, 3.63) is 60.0 Å². The topological polar surface area (TPSA) is 106 Å². The van der Waals surface area contributed by atoms with Crippen LogP contribution in [0.4, 0.5) is 0 Å². The van der Waals surface area contributed by atoms with Gasteiger partial charge in [-0.05, 0) is 24.1 Å². The van der Waals surface area contributed by atoms with Crippen LogP contribution >= 0.6 is 0 Å². The number of hydrogen-bond donors (Lipinski definition) is 0. The molecule has 0 aliphatic carbocycles. The van der Waals surface area contributed by atoms with Crippen LogP contribution in [0, 0.1) is 5.92 Å². The van der Waals surface area contributed by atoms with Crippen LogP contribution in [-0.4, -0.2) is 64.0 Å². The molecule has 0 spiro atoms. The van der Waals surface area contributed by atoms with Gasteiger partial charge in [0.15, 0.2) is 0 Å². The summed E-state index contributed by atoms with van der Waals surface area (Å²) < 4.78 is 10.3.